The van der Waals surface area contributed by atoms with Crippen LogP contribution in [0.4, 0.5) is 0 Å². The van der Waals surface area contributed by atoms with Crippen LogP contribution in [0.15, 0.2) is 48.7 Å². The molecule has 2 fully saturated rings. The molecule has 2 aromatic rings. The first kappa shape index (κ1) is 23.7. The summed E-state index contributed by atoms with van der Waals surface area (Å²) in [6.45, 7) is 7.55. The van der Waals surface area contributed by atoms with E-state index in [-0.39, 0.29) is 35.5 Å². The van der Waals surface area contributed by atoms with Crippen LogP contribution in [0.3, 0.4) is 0 Å². The number of rotatable bonds is 6. The van der Waals surface area contributed by atoms with Crippen LogP contribution in [-0.4, -0.2) is 69.6 Å². The minimum Gasteiger partial charge on any atom is -0.338 e. The molecule has 1 aliphatic carbocycles. The Labute approximate surface area is 206 Å². The molecule has 3 aliphatic rings. The van der Waals surface area contributed by atoms with Gasteiger partial charge in [-0.25, -0.2) is 0 Å². The van der Waals surface area contributed by atoms with E-state index < -0.39 is 6.04 Å². The molecule has 184 valence electrons. The maximum Gasteiger partial charge on any atom is 0.245 e. The van der Waals surface area contributed by atoms with E-state index in [1.54, 1.807) is 0 Å². The Kier molecular flexibility index (Phi) is 6.69. The lowest BCUT2D eigenvalue weighted by molar-refractivity contribution is -0.153. The van der Waals surface area contributed by atoms with Gasteiger partial charge in [0, 0.05) is 44.3 Å². The van der Waals surface area contributed by atoms with Gasteiger partial charge in [-0.2, -0.15) is 0 Å². The van der Waals surface area contributed by atoms with Gasteiger partial charge in [0.2, 0.25) is 17.7 Å². The van der Waals surface area contributed by atoms with E-state index in [0.29, 0.717) is 32.4 Å². The summed E-state index contributed by atoms with van der Waals surface area (Å²) in [7, 11) is 0. The first-order chi connectivity index (χ1) is 16.9. The number of hydrogen-bond donors (Lipinski definition) is 0. The van der Waals surface area contributed by atoms with E-state index in [2.05, 4.69) is 34.1 Å². The highest BCUT2D eigenvalue weighted by Gasteiger charge is 2.51. The maximum atomic E-state index is 13.7. The van der Waals surface area contributed by atoms with Gasteiger partial charge in [0.15, 0.2) is 0 Å². The molecule has 1 aromatic heterocycles. The van der Waals surface area contributed by atoms with Gasteiger partial charge in [0.25, 0.3) is 0 Å². The topological polar surface area (TPSA) is 73.8 Å². The van der Waals surface area contributed by atoms with Gasteiger partial charge in [0.1, 0.15) is 6.04 Å². The van der Waals surface area contributed by atoms with Gasteiger partial charge in [-0.05, 0) is 36.8 Å². The lowest BCUT2D eigenvalue weighted by Gasteiger charge is -2.38. The zero-order valence-electron chi connectivity index (χ0n) is 20.6. The highest BCUT2D eigenvalue weighted by Crippen LogP contribution is 2.37. The molecule has 0 spiro atoms. The van der Waals surface area contributed by atoms with Gasteiger partial charge in [-0.3, -0.25) is 29.2 Å². The number of amides is 3. The van der Waals surface area contributed by atoms with Gasteiger partial charge in [0.05, 0.1) is 17.4 Å². The number of aromatic nitrogens is 1. The minimum absolute atomic E-state index is 0.0847. The lowest BCUT2D eigenvalue weighted by atomic mass is 9.85. The number of para-hydroxylation sites is 1. The number of imide groups is 1. The third kappa shape index (κ3) is 4.61. The van der Waals surface area contributed by atoms with Gasteiger partial charge in [-0.15, -0.1) is 0 Å². The SMILES string of the molecule is CC(C)CC(C(=O)N1CCN(Cc2cccc3cccnc23)CC1)N1C(=O)C2CC=CCC2C1=O. The predicted molar refractivity (Wildman–Crippen MR) is 134 cm³/mol. The average Bonchev–Trinajstić information content (AvgIpc) is 3.12. The van der Waals surface area contributed by atoms with Crippen LogP contribution in [0.5, 0.6) is 0 Å². The Morgan fingerprint density at radius 3 is 2.29 bits per heavy atom. The maximum absolute atomic E-state index is 13.7. The van der Waals surface area contributed by atoms with E-state index in [1.165, 1.54) is 10.5 Å². The zero-order valence-corrected chi connectivity index (χ0v) is 20.6. The van der Waals surface area contributed by atoms with Crippen molar-refractivity contribution in [2.75, 3.05) is 26.2 Å². The summed E-state index contributed by atoms with van der Waals surface area (Å²) >= 11 is 0. The molecule has 0 N–H and O–H groups in total. The van der Waals surface area contributed by atoms with Crippen LogP contribution in [0.1, 0.15) is 38.7 Å². The fourth-order valence-electron chi connectivity index (χ4n) is 5.77. The lowest BCUT2D eigenvalue weighted by Crippen LogP contribution is -2.56. The number of pyridine rings is 1. The van der Waals surface area contributed by atoms with Crippen molar-refractivity contribution in [2.24, 2.45) is 17.8 Å². The molecule has 2 aliphatic heterocycles. The normalized spacial score (nSPS) is 23.9. The quantitative estimate of drug-likeness (QED) is 0.475. The monoisotopic (exact) mass is 474 g/mol. The van der Waals surface area contributed by atoms with E-state index in [1.807, 2.05) is 43.2 Å². The van der Waals surface area contributed by atoms with Crippen LogP contribution in [0, 0.1) is 17.8 Å². The molecule has 2 saturated heterocycles. The summed E-state index contributed by atoms with van der Waals surface area (Å²) in [5.41, 5.74) is 2.21. The first-order valence-corrected chi connectivity index (χ1v) is 12.8. The molecule has 7 nitrogen and oxygen atoms in total. The number of hydrogen-bond acceptors (Lipinski definition) is 5. The van der Waals surface area contributed by atoms with Crippen LogP contribution >= 0.6 is 0 Å². The number of piperazine rings is 1. The van der Waals surface area contributed by atoms with E-state index in [0.717, 1.165) is 30.5 Å². The molecule has 3 unspecified atom stereocenters. The van der Waals surface area contributed by atoms with Crippen LogP contribution in [0.2, 0.25) is 0 Å². The van der Waals surface area contributed by atoms with Crippen LogP contribution in [-0.2, 0) is 20.9 Å². The number of carbonyl (C=O) groups excluding carboxylic acids is 3. The van der Waals surface area contributed by atoms with Crippen molar-refractivity contribution < 1.29 is 14.4 Å². The van der Waals surface area contributed by atoms with E-state index >= 15 is 0 Å². The summed E-state index contributed by atoms with van der Waals surface area (Å²) in [5, 5.41) is 1.13. The second kappa shape index (κ2) is 9.90. The average molecular weight is 475 g/mol. The zero-order chi connectivity index (χ0) is 24.5. The van der Waals surface area contributed by atoms with Crippen molar-refractivity contribution in [1.82, 2.24) is 19.7 Å². The van der Waals surface area contributed by atoms with Gasteiger partial charge >= 0.3 is 0 Å². The van der Waals surface area contributed by atoms with Gasteiger partial charge < -0.3 is 4.90 Å². The smallest absolute Gasteiger partial charge is 0.245 e. The first-order valence-electron chi connectivity index (χ1n) is 12.8. The molecular weight excluding hydrogens is 440 g/mol. The van der Waals surface area contributed by atoms with Crippen molar-refractivity contribution in [1.29, 1.82) is 0 Å². The van der Waals surface area contributed by atoms with Crippen molar-refractivity contribution >= 4 is 28.6 Å². The highest BCUT2D eigenvalue weighted by atomic mass is 16.2. The third-order valence-electron chi connectivity index (χ3n) is 7.63. The third-order valence-corrected chi connectivity index (χ3v) is 7.63. The standard InChI is InChI=1S/C28H34N4O3/c1-19(2)17-24(32-26(33)22-10-3-4-11-23(22)27(32)34)28(35)31-15-13-30(14-16-31)18-21-8-5-7-20-9-6-12-29-25(20)21/h3-9,12,19,22-24H,10-11,13-18H2,1-2H3. The Morgan fingerprint density at radius 2 is 1.63 bits per heavy atom. The molecule has 7 heteroatoms. The summed E-state index contributed by atoms with van der Waals surface area (Å²) in [5.74, 6) is -0.818. The molecule has 3 amide bonds. The second-order valence-electron chi connectivity index (χ2n) is 10.4. The minimum atomic E-state index is -0.700. The van der Waals surface area contributed by atoms with Crippen molar-refractivity contribution in [3.8, 4) is 0 Å². The predicted octanol–water partition coefficient (Wildman–Crippen LogP) is 3.24. The molecule has 35 heavy (non-hydrogen) atoms. The number of nitrogens with zero attached hydrogens (tertiary/aromatic N) is 4. The number of allylic oxidation sites excluding steroid dienone is 2. The summed E-state index contributed by atoms with van der Waals surface area (Å²) in [4.78, 5) is 50.2. The summed E-state index contributed by atoms with van der Waals surface area (Å²) in [6, 6.07) is 9.58. The fraction of sp³-hybridized carbons (Fsp3) is 0.500. The number of likely N-dealkylation sites (tertiary alicyclic amines) is 1. The van der Waals surface area contributed by atoms with Crippen molar-refractivity contribution in [2.45, 2.75) is 45.7 Å². The Morgan fingerprint density at radius 1 is 0.971 bits per heavy atom. The summed E-state index contributed by atoms with van der Waals surface area (Å²) in [6.07, 6.45) is 7.49. The van der Waals surface area contributed by atoms with Crippen molar-refractivity contribution in [3.05, 3.63) is 54.2 Å². The fourth-order valence-corrected chi connectivity index (χ4v) is 5.77. The molecular formula is C28H34N4O3. The van der Waals surface area contributed by atoms with Gasteiger partial charge in [-0.1, -0.05) is 50.3 Å². The Hall–Kier alpha value is -3.06. The molecule has 3 atom stereocenters. The second-order valence-corrected chi connectivity index (χ2v) is 10.4. The largest absolute Gasteiger partial charge is 0.338 e. The molecule has 1 aromatic carbocycles. The molecule has 3 heterocycles. The number of benzene rings is 1. The number of carbonyl (C=O) groups is 3. The molecule has 5 rings (SSSR count). The van der Waals surface area contributed by atoms with Crippen LogP contribution < -0.4 is 0 Å². The van der Waals surface area contributed by atoms with Crippen LogP contribution in [0.25, 0.3) is 10.9 Å². The van der Waals surface area contributed by atoms with Crippen molar-refractivity contribution in [3.63, 3.8) is 0 Å². The number of fused-ring (bicyclic) bond motifs is 2. The van der Waals surface area contributed by atoms with E-state index in [4.69, 9.17) is 0 Å². The Bertz CT molecular complexity index is 1120. The summed E-state index contributed by atoms with van der Waals surface area (Å²) < 4.78 is 0. The van der Waals surface area contributed by atoms with E-state index in [9.17, 15) is 14.4 Å². The highest BCUT2D eigenvalue weighted by molar-refractivity contribution is 6.08. The molecule has 0 saturated carbocycles. The Balaban J connectivity index is 1.27. The molecule has 0 radical (unpaired) electrons. The molecule has 0 bridgehead atoms.